The van der Waals surface area contributed by atoms with Crippen molar-refractivity contribution in [1.29, 1.82) is 0 Å². The van der Waals surface area contributed by atoms with Gasteiger partial charge in [0.1, 0.15) is 5.69 Å². The van der Waals surface area contributed by atoms with E-state index in [1.807, 2.05) is 37.5 Å². The lowest BCUT2D eigenvalue weighted by atomic mass is 9.91. The van der Waals surface area contributed by atoms with Gasteiger partial charge in [-0.2, -0.15) is 18.3 Å². The fourth-order valence-electron chi connectivity index (χ4n) is 4.06. The maximum atomic E-state index is 13.2. The summed E-state index contributed by atoms with van der Waals surface area (Å²) >= 11 is 5.93. The number of benzene rings is 1. The number of nitrogens with one attached hydrogen (secondary N) is 2. The molecule has 1 aliphatic rings. The Labute approximate surface area is 194 Å². The number of aryl methyl sites for hydroxylation is 1. The summed E-state index contributed by atoms with van der Waals surface area (Å²) in [4.78, 5) is 16.8. The summed E-state index contributed by atoms with van der Waals surface area (Å²) in [6.45, 7) is 0.799. The van der Waals surface area contributed by atoms with Gasteiger partial charge in [-0.15, -0.1) is 0 Å². The average Bonchev–Trinajstić information content (AvgIpc) is 3.23. The zero-order chi connectivity index (χ0) is 23.6. The summed E-state index contributed by atoms with van der Waals surface area (Å²) in [5.41, 5.74) is 1.23. The second-order valence-electron chi connectivity index (χ2n) is 8.05. The predicted octanol–water partition coefficient (Wildman–Crippen LogP) is 4.77. The fraction of sp³-hybridized carbons (Fsp3) is 0.348. The van der Waals surface area contributed by atoms with Crippen molar-refractivity contribution in [3.63, 3.8) is 0 Å². The van der Waals surface area contributed by atoms with Crippen LogP contribution in [-0.4, -0.2) is 33.3 Å². The van der Waals surface area contributed by atoms with E-state index in [4.69, 9.17) is 11.6 Å². The molecule has 2 aromatic heterocycles. The normalized spacial score (nSPS) is 17.5. The average molecular weight is 478 g/mol. The van der Waals surface area contributed by atoms with E-state index in [1.54, 1.807) is 10.9 Å². The zero-order valence-corrected chi connectivity index (χ0v) is 18.6. The lowest BCUT2D eigenvalue weighted by molar-refractivity contribution is -0.137. The molecule has 33 heavy (non-hydrogen) atoms. The van der Waals surface area contributed by atoms with Crippen LogP contribution < -0.4 is 10.6 Å². The molecule has 1 amide bonds. The number of hydrogen-bond donors (Lipinski definition) is 2. The van der Waals surface area contributed by atoms with Crippen LogP contribution in [0, 0.1) is 0 Å². The molecular weight excluding hydrogens is 455 g/mol. The third-order valence-corrected chi connectivity index (χ3v) is 6.14. The first-order valence-electron chi connectivity index (χ1n) is 10.6. The van der Waals surface area contributed by atoms with E-state index < -0.39 is 34.4 Å². The van der Waals surface area contributed by atoms with Crippen molar-refractivity contribution in [2.75, 3.05) is 6.54 Å². The molecule has 1 aromatic carbocycles. The largest absolute Gasteiger partial charge is 0.417 e. The number of hydrogen-bond acceptors (Lipinski definition) is 4. The first kappa shape index (κ1) is 23.3. The van der Waals surface area contributed by atoms with E-state index >= 15 is 0 Å². The van der Waals surface area contributed by atoms with Crippen LogP contribution in [0.5, 0.6) is 0 Å². The van der Waals surface area contributed by atoms with Gasteiger partial charge in [0.2, 0.25) is 0 Å². The van der Waals surface area contributed by atoms with Gasteiger partial charge in [-0.1, -0.05) is 42.3 Å². The number of alkyl halides is 3. The van der Waals surface area contributed by atoms with Gasteiger partial charge < -0.3 is 10.6 Å². The summed E-state index contributed by atoms with van der Waals surface area (Å²) in [6.07, 6.45) is 2.76. The molecule has 0 spiro atoms. The highest BCUT2D eigenvalue weighted by atomic mass is 35.5. The molecule has 1 aliphatic heterocycles. The maximum Gasteiger partial charge on any atom is 0.417 e. The zero-order valence-electron chi connectivity index (χ0n) is 17.9. The number of amides is 1. The van der Waals surface area contributed by atoms with Gasteiger partial charge in [0.05, 0.1) is 22.8 Å². The number of rotatable bonds is 5. The van der Waals surface area contributed by atoms with Crippen molar-refractivity contribution in [3.05, 3.63) is 70.8 Å². The second kappa shape index (κ2) is 9.52. The van der Waals surface area contributed by atoms with Crippen molar-refractivity contribution in [2.45, 2.75) is 37.5 Å². The van der Waals surface area contributed by atoms with Gasteiger partial charge in [0, 0.05) is 31.0 Å². The highest BCUT2D eigenvalue weighted by Crippen LogP contribution is 2.36. The molecule has 2 N–H and O–H groups in total. The summed E-state index contributed by atoms with van der Waals surface area (Å²) < 4.78 is 41.4. The Morgan fingerprint density at radius 2 is 1.97 bits per heavy atom. The third-order valence-electron chi connectivity index (χ3n) is 5.76. The van der Waals surface area contributed by atoms with Crippen molar-refractivity contribution >= 4 is 17.5 Å². The highest BCUT2D eigenvalue weighted by Gasteiger charge is 2.36. The number of pyridine rings is 1. The minimum Gasteiger partial charge on any atom is -0.342 e. The lowest BCUT2D eigenvalue weighted by Gasteiger charge is -2.32. The fourth-order valence-corrected chi connectivity index (χ4v) is 4.37. The molecule has 0 bridgehead atoms. The Balaban J connectivity index is 1.62. The first-order chi connectivity index (χ1) is 15.7. The molecule has 0 unspecified atom stereocenters. The Morgan fingerprint density at radius 1 is 1.21 bits per heavy atom. The maximum absolute atomic E-state index is 13.2. The minimum absolute atomic E-state index is 0.0727. The predicted molar refractivity (Wildman–Crippen MR) is 119 cm³/mol. The third kappa shape index (κ3) is 5.20. The quantitative estimate of drug-likeness (QED) is 0.555. The van der Waals surface area contributed by atoms with E-state index in [2.05, 4.69) is 20.7 Å². The summed E-state index contributed by atoms with van der Waals surface area (Å²) in [5, 5.41) is 9.76. The SMILES string of the molecule is Cn1cc(-c2ccc([C@H](NC(=O)c3nccc(C(F)(F)F)c3Cl)[C@@H]3CCCCN3)cc2)cn1. The molecule has 1 fully saturated rings. The molecule has 10 heteroatoms. The smallest absolute Gasteiger partial charge is 0.342 e. The van der Waals surface area contributed by atoms with Gasteiger partial charge >= 0.3 is 6.18 Å². The summed E-state index contributed by atoms with van der Waals surface area (Å²) in [6, 6.07) is 7.91. The van der Waals surface area contributed by atoms with Crippen molar-refractivity contribution < 1.29 is 18.0 Å². The summed E-state index contributed by atoms with van der Waals surface area (Å²) in [5.74, 6) is -0.750. The van der Waals surface area contributed by atoms with Crippen LogP contribution in [-0.2, 0) is 13.2 Å². The molecule has 4 rings (SSSR count). The van der Waals surface area contributed by atoms with Crippen molar-refractivity contribution in [3.8, 4) is 11.1 Å². The molecule has 1 saturated heterocycles. The van der Waals surface area contributed by atoms with Crippen molar-refractivity contribution in [2.24, 2.45) is 7.05 Å². The number of piperidine rings is 1. The second-order valence-corrected chi connectivity index (χ2v) is 8.43. The number of carbonyl (C=O) groups is 1. The Hall–Kier alpha value is -2.91. The van der Waals surface area contributed by atoms with Crippen LogP contribution in [0.15, 0.2) is 48.9 Å². The summed E-state index contributed by atoms with van der Waals surface area (Å²) in [7, 11) is 1.84. The van der Waals surface area contributed by atoms with E-state index in [0.29, 0.717) is 0 Å². The Morgan fingerprint density at radius 3 is 2.58 bits per heavy atom. The molecule has 174 valence electrons. The number of carbonyl (C=O) groups excluding carboxylic acids is 1. The molecular formula is C23H23ClF3N5O. The van der Waals surface area contributed by atoms with E-state index in [1.165, 1.54) is 0 Å². The Bertz CT molecular complexity index is 1120. The molecule has 2 atom stereocenters. The van der Waals surface area contributed by atoms with Crippen LogP contribution >= 0.6 is 11.6 Å². The van der Waals surface area contributed by atoms with Gasteiger partial charge in [-0.05, 0) is 36.6 Å². The van der Waals surface area contributed by atoms with Crippen molar-refractivity contribution in [1.82, 2.24) is 25.4 Å². The molecule has 0 saturated carbocycles. The molecule has 3 aromatic rings. The molecule has 0 radical (unpaired) electrons. The topological polar surface area (TPSA) is 71.8 Å². The first-order valence-corrected chi connectivity index (χ1v) is 11.0. The molecule has 6 nitrogen and oxygen atoms in total. The Kier molecular flexibility index (Phi) is 6.71. The van der Waals surface area contributed by atoms with Crippen LogP contribution in [0.3, 0.4) is 0 Å². The van der Waals surface area contributed by atoms with Gasteiger partial charge in [0.25, 0.3) is 5.91 Å². The minimum atomic E-state index is -4.68. The molecule has 0 aliphatic carbocycles. The number of nitrogens with zero attached hydrogens (tertiary/aromatic N) is 3. The monoisotopic (exact) mass is 477 g/mol. The lowest BCUT2D eigenvalue weighted by Crippen LogP contribution is -2.46. The number of halogens is 4. The van der Waals surface area contributed by atoms with Crippen LogP contribution in [0.4, 0.5) is 13.2 Å². The molecule has 3 heterocycles. The van der Waals surface area contributed by atoms with E-state index in [0.717, 1.165) is 54.8 Å². The van der Waals surface area contributed by atoms with Crippen LogP contribution in [0.2, 0.25) is 5.02 Å². The van der Waals surface area contributed by atoms with E-state index in [-0.39, 0.29) is 6.04 Å². The highest BCUT2D eigenvalue weighted by molar-refractivity contribution is 6.34. The van der Waals surface area contributed by atoms with Gasteiger partial charge in [-0.25, -0.2) is 4.98 Å². The number of aromatic nitrogens is 3. The van der Waals surface area contributed by atoms with Crippen LogP contribution in [0.25, 0.3) is 11.1 Å². The van der Waals surface area contributed by atoms with Gasteiger partial charge in [0.15, 0.2) is 0 Å². The van der Waals surface area contributed by atoms with E-state index in [9.17, 15) is 18.0 Å². The standard InChI is InChI=1S/C23H23ClF3N5O/c1-32-13-16(12-30-32)14-5-7-15(8-6-14)20(18-4-2-3-10-28-18)31-22(33)21-19(24)17(9-11-29-21)23(25,26)27/h5-9,11-13,18,20,28H,2-4,10H2,1H3,(H,31,33)/t18-,20-/m0/s1. The van der Waals surface area contributed by atoms with Gasteiger partial charge in [-0.3, -0.25) is 9.48 Å². The van der Waals surface area contributed by atoms with Crippen LogP contribution in [0.1, 0.15) is 46.9 Å².